The monoisotopic (exact) mass is 332 g/mol. The molecule has 2 aromatic carbocycles. The summed E-state index contributed by atoms with van der Waals surface area (Å²) in [5.74, 6) is -0.198. The Bertz CT molecular complexity index is 736. The summed E-state index contributed by atoms with van der Waals surface area (Å²) >= 11 is 3.51. The molecular formula is C16H14BrFN2. The van der Waals surface area contributed by atoms with Gasteiger partial charge in [0.25, 0.3) is 0 Å². The third kappa shape index (κ3) is 2.70. The summed E-state index contributed by atoms with van der Waals surface area (Å²) in [6, 6.07) is 14.9. The summed E-state index contributed by atoms with van der Waals surface area (Å²) in [7, 11) is 0. The van der Waals surface area contributed by atoms with Crippen LogP contribution in [-0.4, -0.2) is 11.1 Å². The van der Waals surface area contributed by atoms with Crippen LogP contribution in [0.4, 0.5) is 10.1 Å². The second kappa shape index (κ2) is 5.67. The molecule has 0 radical (unpaired) electrons. The minimum atomic E-state index is -0.198. The first-order chi connectivity index (χ1) is 9.74. The number of nitrogens with zero attached hydrogens (tertiary/aromatic N) is 1. The van der Waals surface area contributed by atoms with Crippen molar-refractivity contribution in [2.75, 3.05) is 11.9 Å². The highest BCUT2D eigenvalue weighted by atomic mass is 79.9. The topological polar surface area (TPSA) is 17.0 Å². The summed E-state index contributed by atoms with van der Waals surface area (Å²) in [6.45, 7) is 1.57. The maximum atomic E-state index is 13.3. The van der Waals surface area contributed by atoms with E-state index in [1.807, 2.05) is 42.6 Å². The third-order valence-corrected chi connectivity index (χ3v) is 3.97. The number of hydrogen-bond donors (Lipinski definition) is 1. The zero-order valence-corrected chi connectivity index (χ0v) is 12.4. The van der Waals surface area contributed by atoms with Gasteiger partial charge in [0.2, 0.25) is 0 Å². The van der Waals surface area contributed by atoms with E-state index in [9.17, 15) is 4.39 Å². The molecular weight excluding hydrogens is 319 g/mol. The molecule has 4 heteroatoms. The Balaban J connectivity index is 1.71. The normalized spacial score (nSPS) is 10.9. The first kappa shape index (κ1) is 13.2. The minimum Gasteiger partial charge on any atom is -0.382 e. The molecule has 102 valence electrons. The van der Waals surface area contributed by atoms with Gasteiger partial charge >= 0.3 is 0 Å². The van der Waals surface area contributed by atoms with Gasteiger partial charge in [-0.05, 0) is 57.7 Å². The fourth-order valence-electron chi connectivity index (χ4n) is 2.27. The van der Waals surface area contributed by atoms with Crippen LogP contribution in [0.25, 0.3) is 10.9 Å². The van der Waals surface area contributed by atoms with Gasteiger partial charge in [0, 0.05) is 29.4 Å². The summed E-state index contributed by atoms with van der Waals surface area (Å²) in [4.78, 5) is 0. The molecule has 3 rings (SSSR count). The van der Waals surface area contributed by atoms with Gasteiger partial charge < -0.3 is 9.88 Å². The van der Waals surface area contributed by atoms with Gasteiger partial charge in [-0.25, -0.2) is 4.39 Å². The molecule has 2 nitrogen and oxygen atoms in total. The predicted molar refractivity (Wildman–Crippen MR) is 84.5 cm³/mol. The first-order valence-corrected chi connectivity index (χ1v) is 7.26. The zero-order chi connectivity index (χ0) is 13.9. The highest BCUT2D eigenvalue weighted by Gasteiger charge is 2.03. The summed E-state index contributed by atoms with van der Waals surface area (Å²) < 4.78 is 16.4. The van der Waals surface area contributed by atoms with Crippen LogP contribution < -0.4 is 5.32 Å². The predicted octanol–water partition coefficient (Wildman–Crippen LogP) is 4.66. The molecule has 0 aliphatic rings. The highest BCUT2D eigenvalue weighted by Crippen LogP contribution is 2.21. The first-order valence-electron chi connectivity index (χ1n) is 6.47. The summed E-state index contributed by atoms with van der Waals surface area (Å²) in [5, 5.41) is 4.43. The average Bonchev–Trinajstić information content (AvgIpc) is 2.83. The Hall–Kier alpha value is -1.81. The molecule has 1 heterocycles. The number of anilines is 1. The van der Waals surface area contributed by atoms with Crippen molar-refractivity contribution >= 4 is 32.5 Å². The molecule has 0 atom stereocenters. The number of halogens is 2. The average molecular weight is 333 g/mol. The molecule has 0 bridgehead atoms. The largest absolute Gasteiger partial charge is 0.382 e. The number of benzene rings is 2. The molecule has 20 heavy (non-hydrogen) atoms. The Morgan fingerprint density at radius 3 is 2.80 bits per heavy atom. The molecule has 0 fully saturated rings. The van der Waals surface area contributed by atoms with E-state index in [1.54, 1.807) is 6.07 Å². The van der Waals surface area contributed by atoms with Crippen molar-refractivity contribution in [2.45, 2.75) is 6.54 Å². The van der Waals surface area contributed by atoms with Crippen molar-refractivity contribution in [1.29, 1.82) is 0 Å². The van der Waals surface area contributed by atoms with Crippen LogP contribution in [0.1, 0.15) is 0 Å². The van der Waals surface area contributed by atoms with E-state index < -0.39 is 0 Å². The number of aromatic nitrogens is 1. The fraction of sp³-hybridized carbons (Fsp3) is 0.125. The zero-order valence-electron chi connectivity index (χ0n) is 10.8. The fourth-order valence-corrected chi connectivity index (χ4v) is 2.69. The van der Waals surface area contributed by atoms with E-state index in [4.69, 9.17) is 0 Å². The second-order valence-corrected chi connectivity index (χ2v) is 5.47. The third-order valence-electron chi connectivity index (χ3n) is 3.28. The molecule has 3 aromatic rings. The van der Waals surface area contributed by atoms with Crippen LogP contribution in [0.3, 0.4) is 0 Å². The number of hydrogen-bond acceptors (Lipinski definition) is 1. The standard InChI is InChI=1S/C16H14BrFN2/c17-14-3-1-2-4-15(14)19-8-10-20-9-7-12-5-6-13(18)11-16(12)20/h1-7,9,11,19H,8,10H2. The lowest BCUT2D eigenvalue weighted by Gasteiger charge is -2.10. The SMILES string of the molecule is Fc1ccc2ccn(CCNc3ccccc3Br)c2c1. The maximum Gasteiger partial charge on any atom is 0.125 e. The molecule has 0 saturated heterocycles. The summed E-state index contributed by atoms with van der Waals surface area (Å²) in [6.07, 6.45) is 1.99. The van der Waals surface area contributed by atoms with Crippen LogP contribution in [-0.2, 0) is 6.54 Å². The van der Waals surface area contributed by atoms with Crippen molar-refractivity contribution in [1.82, 2.24) is 4.57 Å². The Labute approximate surface area is 125 Å². The Kier molecular flexibility index (Phi) is 3.74. The Morgan fingerprint density at radius 2 is 1.95 bits per heavy atom. The number of fused-ring (bicyclic) bond motifs is 1. The molecule has 0 spiro atoms. The lowest BCUT2D eigenvalue weighted by molar-refractivity contribution is 0.628. The molecule has 0 amide bonds. The van der Waals surface area contributed by atoms with Crippen LogP contribution in [0, 0.1) is 5.82 Å². The smallest absolute Gasteiger partial charge is 0.125 e. The van der Waals surface area contributed by atoms with Crippen molar-refractivity contribution in [3.8, 4) is 0 Å². The summed E-state index contributed by atoms with van der Waals surface area (Å²) in [5.41, 5.74) is 1.99. The van der Waals surface area contributed by atoms with Gasteiger partial charge in [0.05, 0.1) is 5.52 Å². The van der Waals surface area contributed by atoms with E-state index >= 15 is 0 Å². The van der Waals surface area contributed by atoms with E-state index in [1.165, 1.54) is 6.07 Å². The minimum absolute atomic E-state index is 0.198. The van der Waals surface area contributed by atoms with Gasteiger partial charge in [-0.2, -0.15) is 0 Å². The van der Waals surface area contributed by atoms with Gasteiger partial charge in [-0.1, -0.05) is 12.1 Å². The van der Waals surface area contributed by atoms with Crippen molar-refractivity contribution in [3.05, 3.63) is 65.0 Å². The van der Waals surface area contributed by atoms with Crippen molar-refractivity contribution < 1.29 is 4.39 Å². The second-order valence-electron chi connectivity index (χ2n) is 4.62. The van der Waals surface area contributed by atoms with Crippen LogP contribution >= 0.6 is 15.9 Å². The number of rotatable bonds is 4. The molecule has 1 aromatic heterocycles. The van der Waals surface area contributed by atoms with Crippen LogP contribution in [0.15, 0.2) is 59.2 Å². The lowest BCUT2D eigenvalue weighted by atomic mass is 10.2. The number of para-hydroxylation sites is 1. The maximum absolute atomic E-state index is 13.3. The van der Waals surface area contributed by atoms with Gasteiger partial charge in [-0.3, -0.25) is 0 Å². The van der Waals surface area contributed by atoms with E-state index in [-0.39, 0.29) is 5.82 Å². The quantitative estimate of drug-likeness (QED) is 0.735. The van der Waals surface area contributed by atoms with Gasteiger partial charge in [-0.15, -0.1) is 0 Å². The van der Waals surface area contributed by atoms with Crippen molar-refractivity contribution in [3.63, 3.8) is 0 Å². The van der Waals surface area contributed by atoms with Crippen molar-refractivity contribution in [2.24, 2.45) is 0 Å². The van der Waals surface area contributed by atoms with Crippen LogP contribution in [0.2, 0.25) is 0 Å². The van der Waals surface area contributed by atoms with Crippen LogP contribution in [0.5, 0.6) is 0 Å². The molecule has 1 N–H and O–H groups in total. The van der Waals surface area contributed by atoms with E-state index in [0.29, 0.717) is 0 Å². The van der Waals surface area contributed by atoms with E-state index in [0.717, 1.165) is 34.2 Å². The lowest BCUT2D eigenvalue weighted by Crippen LogP contribution is -2.10. The van der Waals surface area contributed by atoms with Gasteiger partial charge in [0.1, 0.15) is 5.82 Å². The molecule has 0 unspecified atom stereocenters. The van der Waals surface area contributed by atoms with Gasteiger partial charge in [0.15, 0.2) is 0 Å². The molecule has 0 aliphatic carbocycles. The molecule has 0 aliphatic heterocycles. The number of nitrogens with one attached hydrogen (secondary N) is 1. The highest BCUT2D eigenvalue weighted by molar-refractivity contribution is 9.10. The molecule has 0 saturated carbocycles. The van der Waals surface area contributed by atoms with E-state index in [2.05, 4.69) is 25.8 Å². The Morgan fingerprint density at radius 1 is 1.10 bits per heavy atom.